The molecule has 0 aliphatic carbocycles. The number of piperidine rings is 1. The lowest BCUT2D eigenvalue weighted by Crippen LogP contribution is -2.51. The average molecular weight is 199 g/mol. The maximum Gasteiger partial charge on any atom is 0.407 e. The molecule has 0 atom stereocenters. The molecule has 14 heavy (non-hydrogen) atoms. The normalized spacial score (nSPS) is 26.2. The van der Waals surface area contributed by atoms with Gasteiger partial charge in [-0.2, -0.15) is 0 Å². The minimum Gasteiger partial charge on any atom is -0.441 e. The second-order valence-corrected chi connectivity index (χ2v) is 3.92. The molecule has 80 valence electrons. The summed E-state index contributed by atoms with van der Waals surface area (Å²) in [7, 11) is 0. The van der Waals surface area contributed by atoms with Crippen molar-refractivity contribution in [2.75, 3.05) is 26.2 Å². The van der Waals surface area contributed by atoms with Gasteiger partial charge in [0.2, 0.25) is 0 Å². The smallest absolute Gasteiger partial charge is 0.407 e. The Hall–Kier alpha value is -0.810. The summed E-state index contributed by atoms with van der Waals surface area (Å²) in [6.07, 6.45) is 1.57. The van der Waals surface area contributed by atoms with E-state index in [1.54, 1.807) is 0 Å². The molecular formula is C9H17N3O2. The van der Waals surface area contributed by atoms with Crippen molar-refractivity contribution in [1.82, 2.24) is 15.8 Å². The number of hydrogen-bond donors (Lipinski definition) is 2. The minimum absolute atomic E-state index is 0.219. The Kier molecular flexibility index (Phi) is 2.60. The molecule has 0 aromatic carbocycles. The highest BCUT2D eigenvalue weighted by atomic mass is 16.6. The molecule has 2 aliphatic rings. The van der Waals surface area contributed by atoms with Gasteiger partial charge in [-0.3, -0.25) is 5.43 Å². The number of amides is 1. The molecule has 1 amide bonds. The van der Waals surface area contributed by atoms with Gasteiger partial charge in [-0.15, -0.1) is 0 Å². The van der Waals surface area contributed by atoms with Crippen LogP contribution < -0.4 is 10.7 Å². The molecule has 1 spiro atoms. The number of hydrazine groups is 1. The number of carbonyl (C=O) groups excluding carboxylic acids is 1. The van der Waals surface area contributed by atoms with Crippen LogP contribution in [-0.4, -0.2) is 42.9 Å². The number of hydrogen-bond acceptors (Lipinski definition) is 4. The summed E-state index contributed by atoms with van der Waals surface area (Å²) >= 11 is 0. The first-order chi connectivity index (χ1) is 6.74. The maximum atomic E-state index is 11.0. The molecule has 2 N–H and O–H groups in total. The third kappa shape index (κ3) is 1.83. The zero-order chi connectivity index (χ0) is 10.0. The van der Waals surface area contributed by atoms with E-state index in [0.717, 1.165) is 32.5 Å². The predicted molar refractivity (Wildman–Crippen MR) is 51.7 cm³/mol. The molecule has 0 unspecified atom stereocenters. The van der Waals surface area contributed by atoms with E-state index in [1.807, 2.05) is 0 Å². The fourth-order valence-electron chi connectivity index (χ4n) is 2.08. The molecule has 0 bridgehead atoms. The SMILES string of the molecule is CCNN1CCC2(CC1)CNC(=O)O2. The molecule has 5 heteroatoms. The van der Waals surface area contributed by atoms with Crippen LogP contribution in [0.3, 0.4) is 0 Å². The number of nitrogens with zero attached hydrogens (tertiary/aromatic N) is 1. The van der Waals surface area contributed by atoms with E-state index in [1.165, 1.54) is 0 Å². The van der Waals surface area contributed by atoms with Crippen molar-refractivity contribution in [3.63, 3.8) is 0 Å². The Morgan fingerprint density at radius 3 is 2.79 bits per heavy atom. The number of ether oxygens (including phenoxy) is 1. The maximum absolute atomic E-state index is 11.0. The van der Waals surface area contributed by atoms with Gasteiger partial charge in [-0.1, -0.05) is 6.92 Å². The van der Waals surface area contributed by atoms with Gasteiger partial charge < -0.3 is 10.1 Å². The average Bonchev–Trinajstić information content (AvgIpc) is 2.53. The van der Waals surface area contributed by atoms with E-state index in [0.29, 0.717) is 6.54 Å². The lowest BCUT2D eigenvalue weighted by molar-refractivity contribution is -0.0122. The van der Waals surface area contributed by atoms with Crippen molar-refractivity contribution < 1.29 is 9.53 Å². The van der Waals surface area contributed by atoms with Crippen LogP contribution in [0.2, 0.25) is 0 Å². The minimum atomic E-state index is -0.262. The van der Waals surface area contributed by atoms with E-state index in [2.05, 4.69) is 22.7 Å². The van der Waals surface area contributed by atoms with Crippen molar-refractivity contribution in [2.45, 2.75) is 25.4 Å². The highest BCUT2D eigenvalue weighted by Gasteiger charge is 2.42. The van der Waals surface area contributed by atoms with Crippen LogP contribution in [0.15, 0.2) is 0 Å². The van der Waals surface area contributed by atoms with Crippen molar-refractivity contribution in [3.05, 3.63) is 0 Å². The van der Waals surface area contributed by atoms with Crippen LogP contribution in [0.4, 0.5) is 4.79 Å². The predicted octanol–water partition coefficient (Wildman–Crippen LogP) is 0.0853. The topological polar surface area (TPSA) is 53.6 Å². The van der Waals surface area contributed by atoms with E-state index in [9.17, 15) is 4.79 Å². The third-order valence-electron chi connectivity index (χ3n) is 2.92. The highest BCUT2D eigenvalue weighted by molar-refractivity contribution is 5.70. The number of rotatable bonds is 2. The Balaban J connectivity index is 1.86. The molecule has 2 aliphatic heterocycles. The van der Waals surface area contributed by atoms with E-state index < -0.39 is 0 Å². The van der Waals surface area contributed by atoms with Crippen molar-refractivity contribution >= 4 is 6.09 Å². The number of nitrogens with one attached hydrogen (secondary N) is 2. The standard InChI is InChI=1S/C9H17N3O2/c1-2-11-12-5-3-9(4-6-12)7-10-8(13)14-9/h11H,2-7H2,1H3,(H,10,13). The Morgan fingerprint density at radius 1 is 1.57 bits per heavy atom. The summed E-state index contributed by atoms with van der Waals surface area (Å²) in [5.41, 5.74) is 3.06. The zero-order valence-electron chi connectivity index (χ0n) is 8.51. The van der Waals surface area contributed by atoms with Gasteiger partial charge in [-0.25, -0.2) is 9.80 Å². The van der Waals surface area contributed by atoms with Crippen molar-refractivity contribution in [3.8, 4) is 0 Å². The van der Waals surface area contributed by atoms with Crippen LogP contribution in [-0.2, 0) is 4.74 Å². The van der Waals surface area contributed by atoms with Gasteiger partial charge in [0.05, 0.1) is 6.54 Å². The summed E-state index contributed by atoms with van der Waals surface area (Å²) in [4.78, 5) is 11.0. The van der Waals surface area contributed by atoms with E-state index in [-0.39, 0.29) is 11.7 Å². The van der Waals surface area contributed by atoms with Crippen LogP contribution in [0, 0.1) is 0 Å². The monoisotopic (exact) mass is 199 g/mol. The Morgan fingerprint density at radius 2 is 2.29 bits per heavy atom. The Bertz CT molecular complexity index is 224. The molecule has 0 aromatic heterocycles. The third-order valence-corrected chi connectivity index (χ3v) is 2.92. The van der Waals surface area contributed by atoms with E-state index >= 15 is 0 Å². The van der Waals surface area contributed by atoms with Crippen LogP contribution in [0.5, 0.6) is 0 Å². The first kappa shape index (κ1) is 9.73. The number of alkyl carbamates (subject to hydrolysis) is 1. The first-order valence-electron chi connectivity index (χ1n) is 5.19. The van der Waals surface area contributed by atoms with Crippen molar-refractivity contribution in [2.24, 2.45) is 0 Å². The lowest BCUT2D eigenvalue weighted by atomic mass is 9.92. The van der Waals surface area contributed by atoms with Gasteiger partial charge in [-0.05, 0) is 0 Å². The molecule has 2 saturated heterocycles. The van der Waals surface area contributed by atoms with Crippen LogP contribution in [0.25, 0.3) is 0 Å². The fourth-order valence-corrected chi connectivity index (χ4v) is 2.08. The highest BCUT2D eigenvalue weighted by Crippen LogP contribution is 2.28. The summed E-state index contributed by atoms with van der Waals surface area (Å²) < 4.78 is 5.31. The molecule has 2 fully saturated rings. The number of carbonyl (C=O) groups is 1. The van der Waals surface area contributed by atoms with Crippen LogP contribution in [0.1, 0.15) is 19.8 Å². The summed E-state index contributed by atoms with van der Waals surface area (Å²) in [5.74, 6) is 0. The fraction of sp³-hybridized carbons (Fsp3) is 0.889. The molecule has 0 aromatic rings. The molecular weight excluding hydrogens is 182 g/mol. The molecule has 0 radical (unpaired) electrons. The quantitative estimate of drug-likeness (QED) is 0.661. The summed E-state index contributed by atoms with van der Waals surface area (Å²) in [6.45, 7) is 5.60. The van der Waals surface area contributed by atoms with Crippen LogP contribution >= 0.6 is 0 Å². The van der Waals surface area contributed by atoms with E-state index in [4.69, 9.17) is 4.74 Å². The van der Waals surface area contributed by atoms with Crippen molar-refractivity contribution in [1.29, 1.82) is 0 Å². The van der Waals surface area contributed by atoms with Gasteiger partial charge >= 0.3 is 6.09 Å². The van der Waals surface area contributed by atoms with Gasteiger partial charge in [0.1, 0.15) is 5.60 Å². The largest absolute Gasteiger partial charge is 0.441 e. The summed E-state index contributed by atoms with van der Waals surface area (Å²) in [5, 5.41) is 4.92. The zero-order valence-corrected chi connectivity index (χ0v) is 8.51. The second kappa shape index (κ2) is 3.74. The molecule has 2 heterocycles. The van der Waals surface area contributed by atoms with Gasteiger partial charge in [0.25, 0.3) is 0 Å². The molecule has 2 rings (SSSR count). The second-order valence-electron chi connectivity index (χ2n) is 3.92. The Labute approximate surface area is 83.8 Å². The van der Waals surface area contributed by atoms with Gasteiger partial charge in [0.15, 0.2) is 0 Å². The van der Waals surface area contributed by atoms with Gasteiger partial charge in [0, 0.05) is 32.5 Å². The molecule has 0 saturated carbocycles. The molecule has 5 nitrogen and oxygen atoms in total. The first-order valence-corrected chi connectivity index (χ1v) is 5.19. The summed E-state index contributed by atoms with van der Waals surface area (Å²) in [6, 6.07) is 0. The lowest BCUT2D eigenvalue weighted by Gasteiger charge is -2.37.